The predicted octanol–water partition coefficient (Wildman–Crippen LogP) is 3.97. The molecule has 0 fully saturated rings. The van der Waals surface area contributed by atoms with E-state index < -0.39 is 0 Å². The van der Waals surface area contributed by atoms with E-state index in [9.17, 15) is 5.11 Å². The van der Waals surface area contributed by atoms with Gasteiger partial charge in [0.25, 0.3) is 0 Å². The molecule has 1 N–H and O–H groups in total. The normalized spacial score (nSPS) is 10.9. The number of aliphatic hydroxyl groups excluding tert-OH is 1. The minimum absolute atomic E-state index is 0.00886. The van der Waals surface area contributed by atoms with E-state index in [0.29, 0.717) is 6.54 Å². The van der Waals surface area contributed by atoms with Crippen molar-refractivity contribution < 1.29 is 5.11 Å². The molecule has 2 rings (SSSR count). The number of aromatic nitrogens is 2. The van der Waals surface area contributed by atoms with Crippen molar-refractivity contribution in [2.75, 3.05) is 5.75 Å². The van der Waals surface area contributed by atoms with Gasteiger partial charge < -0.3 is 9.67 Å². The third kappa shape index (κ3) is 4.01. The molecule has 2 aromatic rings. The van der Waals surface area contributed by atoms with E-state index in [1.807, 2.05) is 24.3 Å². The lowest BCUT2D eigenvalue weighted by molar-refractivity contribution is 0.270. The number of benzene rings is 1. The van der Waals surface area contributed by atoms with Crippen LogP contribution in [0.15, 0.2) is 35.6 Å². The number of halogens is 1. The molecule has 0 atom stereocenters. The van der Waals surface area contributed by atoms with Gasteiger partial charge in [-0.1, -0.05) is 48.8 Å². The van der Waals surface area contributed by atoms with Gasteiger partial charge in [-0.2, -0.15) is 0 Å². The second kappa shape index (κ2) is 7.72. The summed E-state index contributed by atoms with van der Waals surface area (Å²) in [5, 5.41) is 11.1. The summed E-state index contributed by atoms with van der Waals surface area (Å²) >= 11 is 7.65. The van der Waals surface area contributed by atoms with Gasteiger partial charge in [0.1, 0.15) is 0 Å². The highest BCUT2D eigenvalue weighted by molar-refractivity contribution is 7.99. The fourth-order valence-electron chi connectivity index (χ4n) is 1.88. The zero-order valence-corrected chi connectivity index (χ0v) is 13.1. The van der Waals surface area contributed by atoms with Crippen LogP contribution >= 0.6 is 23.4 Å². The van der Waals surface area contributed by atoms with Crippen molar-refractivity contribution in [2.45, 2.75) is 38.1 Å². The van der Waals surface area contributed by atoms with E-state index in [-0.39, 0.29) is 6.61 Å². The lowest BCUT2D eigenvalue weighted by Crippen LogP contribution is -2.06. The molecule has 1 aromatic heterocycles. The minimum atomic E-state index is 0.00886. The van der Waals surface area contributed by atoms with Crippen LogP contribution < -0.4 is 0 Å². The Bertz CT molecular complexity index is 539. The van der Waals surface area contributed by atoms with Crippen LogP contribution in [0.25, 0.3) is 0 Å². The molecule has 20 heavy (non-hydrogen) atoms. The van der Waals surface area contributed by atoms with Crippen LogP contribution in [0.5, 0.6) is 0 Å². The van der Waals surface area contributed by atoms with E-state index in [1.165, 1.54) is 12.8 Å². The van der Waals surface area contributed by atoms with Crippen molar-refractivity contribution in [1.29, 1.82) is 0 Å². The fourth-order valence-corrected chi connectivity index (χ4v) is 3.09. The number of thioether (sulfide) groups is 1. The number of unbranched alkanes of at least 4 members (excludes halogenated alkanes) is 1. The second-order valence-electron chi connectivity index (χ2n) is 4.60. The predicted molar refractivity (Wildman–Crippen MR) is 84.3 cm³/mol. The van der Waals surface area contributed by atoms with Gasteiger partial charge >= 0.3 is 0 Å². The number of nitrogens with zero attached hydrogens (tertiary/aromatic N) is 2. The van der Waals surface area contributed by atoms with E-state index in [0.717, 1.165) is 27.2 Å². The summed E-state index contributed by atoms with van der Waals surface area (Å²) < 4.78 is 2.07. The van der Waals surface area contributed by atoms with Crippen molar-refractivity contribution >= 4 is 23.4 Å². The Kier molecular flexibility index (Phi) is 5.95. The van der Waals surface area contributed by atoms with Crippen LogP contribution in [0, 0.1) is 0 Å². The average molecular weight is 311 g/mol. The molecule has 0 aliphatic rings. The Balaban J connectivity index is 2.15. The standard InChI is InChI=1S/C15H19ClN2OS/c1-2-3-8-20-15-17-9-14(11-19)18(15)10-12-4-6-13(16)7-5-12/h4-7,9,19H,2-3,8,10-11H2,1H3. The van der Waals surface area contributed by atoms with Gasteiger partial charge in [-0.05, 0) is 24.1 Å². The molecule has 0 spiro atoms. The molecule has 108 valence electrons. The molecule has 0 aliphatic heterocycles. The van der Waals surface area contributed by atoms with Gasteiger partial charge in [0.15, 0.2) is 5.16 Å². The van der Waals surface area contributed by atoms with Gasteiger partial charge in [0.2, 0.25) is 0 Å². The summed E-state index contributed by atoms with van der Waals surface area (Å²) in [6, 6.07) is 7.78. The van der Waals surface area contributed by atoms with Gasteiger partial charge in [0, 0.05) is 17.3 Å². The molecule has 0 bridgehead atoms. The van der Waals surface area contributed by atoms with Gasteiger partial charge in [0.05, 0.1) is 18.5 Å². The third-order valence-electron chi connectivity index (χ3n) is 3.05. The maximum atomic E-state index is 9.43. The molecule has 0 radical (unpaired) electrons. The van der Waals surface area contributed by atoms with E-state index in [2.05, 4.69) is 16.5 Å². The zero-order valence-electron chi connectivity index (χ0n) is 11.6. The molecule has 1 heterocycles. The summed E-state index contributed by atoms with van der Waals surface area (Å²) in [5.74, 6) is 1.05. The maximum absolute atomic E-state index is 9.43. The van der Waals surface area contributed by atoms with Gasteiger partial charge in [-0.3, -0.25) is 0 Å². The molecule has 0 saturated carbocycles. The molecule has 0 saturated heterocycles. The highest BCUT2D eigenvalue weighted by atomic mass is 35.5. The monoisotopic (exact) mass is 310 g/mol. The minimum Gasteiger partial charge on any atom is -0.390 e. The largest absolute Gasteiger partial charge is 0.390 e. The van der Waals surface area contributed by atoms with Crippen molar-refractivity contribution in [3.63, 3.8) is 0 Å². The van der Waals surface area contributed by atoms with Gasteiger partial charge in [-0.25, -0.2) is 4.98 Å². The molecular weight excluding hydrogens is 292 g/mol. The Morgan fingerprint density at radius 3 is 2.70 bits per heavy atom. The zero-order chi connectivity index (χ0) is 14.4. The van der Waals surface area contributed by atoms with Crippen molar-refractivity contribution in [3.05, 3.63) is 46.7 Å². The summed E-state index contributed by atoms with van der Waals surface area (Å²) in [5.41, 5.74) is 2.00. The molecule has 3 nitrogen and oxygen atoms in total. The Hall–Kier alpha value is -0.970. The first-order valence-electron chi connectivity index (χ1n) is 6.77. The van der Waals surface area contributed by atoms with Crippen LogP contribution in [0.2, 0.25) is 5.02 Å². The Morgan fingerprint density at radius 1 is 1.30 bits per heavy atom. The van der Waals surface area contributed by atoms with Crippen LogP contribution in [0.3, 0.4) is 0 Å². The highest BCUT2D eigenvalue weighted by Crippen LogP contribution is 2.22. The first-order chi connectivity index (χ1) is 9.74. The SMILES string of the molecule is CCCCSc1ncc(CO)n1Cc1ccc(Cl)cc1. The molecule has 1 aromatic carbocycles. The Labute approximate surface area is 129 Å². The maximum Gasteiger partial charge on any atom is 0.168 e. The summed E-state index contributed by atoms with van der Waals surface area (Å²) in [6.07, 6.45) is 4.11. The number of rotatable bonds is 7. The van der Waals surface area contributed by atoms with Crippen LogP contribution in [0.4, 0.5) is 0 Å². The lowest BCUT2D eigenvalue weighted by Gasteiger charge is -2.10. The quantitative estimate of drug-likeness (QED) is 0.621. The number of imidazole rings is 1. The van der Waals surface area contributed by atoms with Crippen molar-refractivity contribution in [3.8, 4) is 0 Å². The topological polar surface area (TPSA) is 38.1 Å². The smallest absolute Gasteiger partial charge is 0.168 e. The second-order valence-corrected chi connectivity index (χ2v) is 6.10. The molecule has 5 heteroatoms. The molecule has 0 amide bonds. The molecule has 0 aliphatic carbocycles. The summed E-state index contributed by atoms with van der Waals surface area (Å²) in [4.78, 5) is 4.41. The van der Waals surface area contributed by atoms with Gasteiger partial charge in [-0.15, -0.1) is 0 Å². The molecular formula is C15H19ClN2OS. The third-order valence-corrected chi connectivity index (χ3v) is 4.38. The van der Waals surface area contributed by atoms with E-state index >= 15 is 0 Å². The van der Waals surface area contributed by atoms with E-state index in [1.54, 1.807) is 18.0 Å². The van der Waals surface area contributed by atoms with Crippen molar-refractivity contribution in [1.82, 2.24) is 9.55 Å². The van der Waals surface area contributed by atoms with Crippen molar-refractivity contribution in [2.24, 2.45) is 0 Å². The number of aliphatic hydroxyl groups is 1. The average Bonchev–Trinajstić information content (AvgIpc) is 2.84. The van der Waals surface area contributed by atoms with Crippen LogP contribution in [-0.4, -0.2) is 20.4 Å². The van der Waals surface area contributed by atoms with E-state index in [4.69, 9.17) is 11.6 Å². The first-order valence-corrected chi connectivity index (χ1v) is 8.13. The number of hydrogen-bond donors (Lipinski definition) is 1. The first kappa shape index (κ1) is 15.4. The molecule has 0 unspecified atom stereocenters. The summed E-state index contributed by atoms with van der Waals surface area (Å²) in [7, 11) is 0. The van der Waals surface area contributed by atoms with Crippen LogP contribution in [0.1, 0.15) is 31.0 Å². The Morgan fingerprint density at radius 2 is 2.05 bits per heavy atom. The lowest BCUT2D eigenvalue weighted by atomic mass is 10.2. The summed E-state index contributed by atoms with van der Waals surface area (Å²) in [6.45, 7) is 2.90. The highest BCUT2D eigenvalue weighted by Gasteiger charge is 2.10. The number of hydrogen-bond acceptors (Lipinski definition) is 3. The van der Waals surface area contributed by atoms with Crippen LogP contribution in [-0.2, 0) is 13.2 Å². The fraction of sp³-hybridized carbons (Fsp3) is 0.400.